The highest BCUT2D eigenvalue weighted by molar-refractivity contribution is 8.15. The molecule has 100 valence electrons. The van der Waals surface area contributed by atoms with Crippen molar-refractivity contribution in [2.75, 3.05) is 10.7 Å². The summed E-state index contributed by atoms with van der Waals surface area (Å²) in [5.41, 5.74) is -1.30. The van der Waals surface area contributed by atoms with E-state index in [0.717, 1.165) is 28.8 Å². The van der Waals surface area contributed by atoms with Crippen molar-refractivity contribution in [3.8, 4) is 0 Å². The van der Waals surface area contributed by atoms with E-state index in [4.69, 9.17) is 0 Å². The number of carbonyl (C=O) groups is 2. The molecule has 2 amide bonds. The molecular weight excluding hydrogens is 281 g/mol. The number of amidine groups is 1. The van der Waals surface area contributed by atoms with Crippen LogP contribution >= 0.6 is 11.8 Å². The molecule has 0 saturated heterocycles. The number of halogens is 3. The number of aliphatic imine (C=N–C) groups is 1. The first-order valence-electron chi connectivity index (χ1n) is 5.08. The third-order valence-electron chi connectivity index (χ3n) is 2.33. The van der Waals surface area contributed by atoms with E-state index in [9.17, 15) is 22.8 Å². The molecule has 2 rings (SSSR count). The molecule has 0 N–H and O–H groups in total. The Morgan fingerprint density at radius 1 is 1.32 bits per heavy atom. The van der Waals surface area contributed by atoms with Gasteiger partial charge in [-0.2, -0.15) is 18.2 Å². The Labute approximate surface area is 110 Å². The molecule has 1 aliphatic heterocycles. The predicted octanol–water partition coefficient (Wildman–Crippen LogP) is 2.30. The quantitative estimate of drug-likeness (QED) is 0.785. The number of anilines is 1. The number of alkyl halides is 3. The first-order chi connectivity index (χ1) is 8.93. The number of hydrogen-bond acceptors (Lipinski definition) is 3. The maximum atomic E-state index is 12.9. The molecule has 19 heavy (non-hydrogen) atoms. The van der Waals surface area contributed by atoms with E-state index in [1.165, 1.54) is 12.1 Å². The Morgan fingerprint density at radius 3 is 2.53 bits per heavy atom. The van der Waals surface area contributed by atoms with Crippen LogP contribution in [0.2, 0.25) is 0 Å². The van der Waals surface area contributed by atoms with Gasteiger partial charge >= 0.3 is 6.18 Å². The Balaban J connectivity index is 2.48. The Kier molecular flexibility index (Phi) is 3.61. The van der Waals surface area contributed by atoms with Gasteiger partial charge in [-0.1, -0.05) is 23.9 Å². The van der Waals surface area contributed by atoms with E-state index in [1.807, 2.05) is 0 Å². The zero-order valence-electron chi connectivity index (χ0n) is 9.35. The summed E-state index contributed by atoms with van der Waals surface area (Å²) in [6, 6.07) is 4.63. The first-order valence-corrected chi connectivity index (χ1v) is 6.07. The zero-order valence-corrected chi connectivity index (χ0v) is 10.2. The molecular formula is C11H7F3N2O2S. The number of carbonyl (C=O) groups excluding carboxylic acids is 2. The van der Waals surface area contributed by atoms with Gasteiger partial charge in [0.25, 0.3) is 5.91 Å². The average Bonchev–Trinajstić information content (AvgIpc) is 2.76. The van der Waals surface area contributed by atoms with Gasteiger partial charge in [-0.3, -0.25) is 14.5 Å². The van der Waals surface area contributed by atoms with Crippen molar-refractivity contribution in [3.63, 3.8) is 0 Å². The number of rotatable bonds is 2. The Bertz CT molecular complexity index is 557. The van der Waals surface area contributed by atoms with Crippen LogP contribution in [0.1, 0.15) is 5.56 Å². The van der Waals surface area contributed by atoms with Crippen LogP contribution < -0.4 is 4.90 Å². The third-order valence-corrected chi connectivity index (χ3v) is 3.26. The van der Waals surface area contributed by atoms with Gasteiger partial charge in [-0.15, -0.1) is 0 Å². The summed E-state index contributed by atoms with van der Waals surface area (Å²) < 4.78 is 38.6. The molecule has 0 unspecified atom stereocenters. The highest BCUT2D eigenvalue weighted by atomic mass is 32.2. The van der Waals surface area contributed by atoms with Gasteiger partial charge < -0.3 is 0 Å². The van der Waals surface area contributed by atoms with E-state index in [1.54, 1.807) is 0 Å². The summed E-state index contributed by atoms with van der Waals surface area (Å²) in [4.78, 5) is 26.3. The molecule has 0 atom stereocenters. The molecule has 0 aliphatic carbocycles. The molecule has 4 nitrogen and oxygen atoms in total. The summed E-state index contributed by atoms with van der Waals surface area (Å²) in [5.74, 6) is -0.454. The van der Waals surface area contributed by atoms with Gasteiger partial charge in [-0.05, 0) is 12.1 Å². The van der Waals surface area contributed by atoms with Crippen molar-refractivity contribution < 1.29 is 22.8 Å². The molecule has 0 fully saturated rings. The first kappa shape index (κ1) is 13.6. The van der Waals surface area contributed by atoms with Crippen LogP contribution in [-0.4, -0.2) is 23.2 Å². The molecule has 8 heteroatoms. The Morgan fingerprint density at radius 2 is 2.00 bits per heavy atom. The standard InChI is InChI=1S/C11H7F3N2O2S/c12-11(13,14)7-3-1-2-4-8(7)16(6-17)10-15-9(18)5-19-10/h1-4,6H,5H2. The number of nitrogens with zero attached hydrogens (tertiary/aromatic N) is 2. The number of para-hydroxylation sites is 1. The van der Waals surface area contributed by atoms with E-state index in [2.05, 4.69) is 4.99 Å². The second-order valence-corrected chi connectivity index (χ2v) is 4.51. The summed E-state index contributed by atoms with van der Waals surface area (Å²) in [6.07, 6.45) is -4.37. The Hall–Kier alpha value is -1.83. The maximum Gasteiger partial charge on any atom is 0.418 e. The molecule has 0 spiro atoms. The summed E-state index contributed by atoms with van der Waals surface area (Å²) in [7, 11) is 0. The normalized spacial score (nSPS) is 15.3. The van der Waals surface area contributed by atoms with Crippen molar-refractivity contribution in [1.29, 1.82) is 0 Å². The lowest BCUT2D eigenvalue weighted by Crippen LogP contribution is -2.28. The van der Waals surface area contributed by atoms with Crippen LogP contribution in [0.15, 0.2) is 29.3 Å². The van der Waals surface area contributed by atoms with E-state index >= 15 is 0 Å². The fourth-order valence-corrected chi connectivity index (χ4v) is 2.31. The molecule has 1 aliphatic rings. The van der Waals surface area contributed by atoms with Gasteiger partial charge in [0.1, 0.15) is 0 Å². The second-order valence-electron chi connectivity index (χ2n) is 3.57. The van der Waals surface area contributed by atoms with Crippen LogP contribution in [0, 0.1) is 0 Å². The predicted molar refractivity (Wildman–Crippen MR) is 64.9 cm³/mol. The van der Waals surface area contributed by atoms with Crippen molar-refractivity contribution in [2.45, 2.75) is 6.18 Å². The maximum absolute atomic E-state index is 12.9. The van der Waals surface area contributed by atoms with Crippen molar-refractivity contribution in [2.24, 2.45) is 4.99 Å². The molecule has 0 bridgehead atoms. The van der Waals surface area contributed by atoms with Crippen LogP contribution in [0.25, 0.3) is 0 Å². The number of hydrogen-bond donors (Lipinski definition) is 0. The molecule has 1 aromatic rings. The van der Waals surface area contributed by atoms with Gasteiger partial charge in [0.15, 0.2) is 5.17 Å². The summed E-state index contributed by atoms with van der Waals surface area (Å²) in [5, 5.41) is -0.0447. The van der Waals surface area contributed by atoms with Crippen molar-refractivity contribution in [1.82, 2.24) is 0 Å². The SMILES string of the molecule is O=CN(C1=NC(=O)CS1)c1ccccc1C(F)(F)F. The van der Waals surface area contributed by atoms with E-state index < -0.39 is 17.6 Å². The summed E-state index contributed by atoms with van der Waals surface area (Å²) in [6.45, 7) is 0. The largest absolute Gasteiger partial charge is 0.418 e. The topological polar surface area (TPSA) is 49.7 Å². The van der Waals surface area contributed by atoms with Gasteiger partial charge in [0.05, 0.1) is 17.0 Å². The molecule has 1 heterocycles. The highest BCUT2D eigenvalue weighted by Gasteiger charge is 2.36. The molecule has 0 radical (unpaired) electrons. The van der Waals surface area contributed by atoms with Crippen LogP contribution in [0.3, 0.4) is 0 Å². The smallest absolute Gasteiger partial charge is 0.278 e. The minimum atomic E-state index is -4.59. The monoisotopic (exact) mass is 288 g/mol. The highest BCUT2D eigenvalue weighted by Crippen LogP contribution is 2.37. The lowest BCUT2D eigenvalue weighted by Gasteiger charge is -2.20. The van der Waals surface area contributed by atoms with Crippen molar-refractivity contribution >= 4 is 34.9 Å². The van der Waals surface area contributed by atoms with Crippen LogP contribution in [-0.2, 0) is 15.8 Å². The third kappa shape index (κ3) is 2.78. The molecule has 1 aromatic carbocycles. The number of thioether (sulfide) groups is 1. The van der Waals surface area contributed by atoms with Gasteiger partial charge in [0.2, 0.25) is 6.41 Å². The number of benzene rings is 1. The lowest BCUT2D eigenvalue weighted by atomic mass is 10.1. The molecule has 0 saturated carbocycles. The fraction of sp³-hybridized carbons (Fsp3) is 0.182. The van der Waals surface area contributed by atoms with Crippen LogP contribution in [0.4, 0.5) is 18.9 Å². The van der Waals surface area contributed by atoms with Crippen LogP contribution in [0.5, 0.6) is 0 Å². The minimum Gasteiger partial charge on any atom is -0.278 e. The van der Waals surface area contributed by atoms with Crippen molar-refractivity contribution in [3.05, 3.63) is 29.8 Å². The fourth-order valence-electron chi connectivity index (χ4n) is 1.55. The second kappa shape index (κ2) is 5.04. The van der Waals surface area contributed by atoms with E-state index in [-0.39, 0.29) is 23.0 Å². The zero-order chi connectivity index (χ0) is 14.0. The summed E-state index contributed by atoms with van der Waals surface area (Å²) >= 11 is 0.925. The van der Waals surface area contributed by atoms with Gasteiger partial charge in [-0.25, -0.2) is 0 Å². The van der Waals surface area contributed by atoms with Gasteiger partial charge in [0, 0.05) is 0 Å². The number of amides is 2. The average molecular weight is 288 g/mol. The van der Waals surface area contributed by atoms with E-state index in [0.29, 0.717) is 0 Å². The molecule has 0 aromatic heterocycles. The lowest BCUT2D eigenvalue weighted by molar-refractivity contribution is -0.137. The minimum absolute atomic E-state index is 0.0217.